The van der Waals surface area contributed by atoms with Crippen LogP contribution in [0.3, 0.4) is 0 Å². The van der Waals surface area contributed by atoms with Gasteiger partial charge in [0.15, 0.2) is 0 Å². The first kappa shape index (κ1) is 11.4. The molecule has 1 aromatic carbocycles. The lowest BCUT2D eigenvalue weighted by atomic mass is 10.2. The molecule has 0 aromatic heterocycles. The predicted octanol–water partition coefficient (Wildman–Crippen LogP) is 1.77. The van der Waals surface area contributed by atoms with Crippen LogP contribution in [0, 0.1) is 0 Å². The van der Waals surface area contributed by atoms with Gasteiger partial charge in [0.1, 0.15) is 11.4 Å². The monoisotopic (exact) mass is 255 g/mol. The number of nitrogens with two attached hydrogens (primary N) is 1. The quantitative estimate of drug-likeness (QED) is 0.666. The number of nitrogens with zero attached hydrogens (tertiary/aromatic N) is 1. The molecule has 0 radical (unpaired) electrons. The van der Waals surface area contributed by atoms with Gasteiger partial charge in [-0.25, -0.2) is 0 Å². The van der Waals surface area contributed by atoms with E-state index in [9.17, 15) is 9.90 Å². The van der Waals surface area contributed by atoms with E-state index in [-0.39, 0.29) is 5.75 Å². The molecule has 2 aliphatic rings. The highest BCUT2D eigenvalue weighted by atomic mass is 16.3. The fraction of sp³-hybridized carbons (Fsp3) is 0.0714. The second kappa shape index (κ2) is 4.20. The lowest BCUT2D eigenvalue weighted by Crippen LogP contribution is -2.13. The molecule has 1 aromatic rings. The van der Waals surface area contributed by atoms with Gasteiger partial charge >= 0.3 is 0 Å². The first-order valence-corrected chi connectivity index (χ1v) is 5.90. The Labute approximate surface area is 109 Å². The van der Waals surface area contributed by atoms with Crippen molar-refractivity contribution >= 4 is 5.91 Å². The number of benzene rings is 1. The van der Waals surface area contributed by atoms with Crippen molar-refractivity contribution in [2.24, 2.45) is 5.73 Å². The fourth-order valence-corrected chi connectivity index (χ4v) is 2.24. The molecule has 0 spiro atoms. The predicted molar refractivity (Wildman–Crippen MR) is 71.1 cm³/mol. The zero-order valence-electron chi connectivity index (χ0n) is 10.1. The number of carbonyl (C=O) groups is 1. The number of fused-ring (bicyclic) bond motifs is 1. The zero-order chi connectivity index (χ0) is 13.4. The number of primary amides is 1. The van der Waals surface area contributed by atoms with Crippen molar-refractivity contribution in [1.82, 2.24) is 9.78 Å². The van der Waals surface area contributed by atoms with Gasteiger partial charge in [0.25, 0.3) is 5.91 Å². The summed E-state index contributed by atoms with van der Waals surface area (Å²) >= 11 is 0. The lowest BCUT2D eigenvalue weighted by Gasteiger charge is -2.05. The van der Waals surface area contributed by atoms with Crippen molar-refractivity contribution in [3.05, 3.63) is 53.7 Å². The van der Waals surface area contributed by atoms with Crippen LogP contribution in [0.2, 0.25) is 0 Å². The number of H-pyrrole nitrogens is 1. The summed E-state index contributed by atoms with van der Waals surface area (Å²) in [5.41, 5.74) is 8.13. The van der Waals surface area contributed by atoms with E-state index in [0.717, 1.165) is 11.3 Å². The maximum atomic E-state index is 11.4. The van der Waals surface area contributed by atoms with Crippen LogP contribution in [0.4, 0.5) is 0 Å². The maximum absolute atomic E-state index is 11.4. The Hall–Kier alpha value is -2.69. The largest absolute Gasteiger partial charge is 0.508 e. The van der Waals surface area contributed by atoms with Crippen LogP contribution < -0.4 is 5.73 Å². The molecule has 5 nitrogen and oxygen atoms in total. The number of carbonyl (C=O) groups excluding carboxylic acids is 1. The summed E-state index contributed by atoms with van der Waals surface area (Å²) < 4.78 is 1.80. The average Bonchev–Trinajstić information content (AvgIpc) is 2.90. The summed E-state index contributed by atoms with van der Waals surface area (Å²) in [4.78, 5) is 11.4. The molecule has 1 aliphatic carbocycles. The summed E-state index contributed by atoms with van der Waals surface area (Å²) in [6, 6.07) is 13.0. The van der Waals surface area contributed by atoms with Gasteiger partial charge in [-0.1, -0.05) is 30.3 Å². The topological polar surface area (TPSA) is 84.0 Å². The van der Waals surface area contributed by atoms with Crippen LogP contribution >= 0.6 is 0 Å². The third-order valence-electron chi connectivity index (χ3n) is 3.09. The number of aromatic amines is 1. The summed E-state index contributed by atoms with van der Waals surface area (Å²) in [7, 11) is 0. The number of amides is 1. The second-order valence-corrected chi connectivity index (χ2v) is 4.44. The molecule has 0 atom stereocenters. The molecule has 5 heteroatoms. The molecule has 96 valence electrons. The normalized spacial score (nSPS) is 10.9. The maximum Gasteiger partial charge on any atom is 0.267 e. The Morgan fingerprint density at radius 2 is 2.00 bits per heavy atom. The number of aromatic hydroxyl groups is 1. The molecule has 3 rings (SSSR count). The first-order chi connectivity index (χ1) is 9.15. The summed E-state index contributed by atoms with van der Waals surface area (Å²) in [6.45, 7) is 0.577. The minimum absolute atomic E-state index is 0.128. The van der Waals surface area contributed by atoms with E-state index in [2.05, 4.69) is 5.10 Å². The van der Waals surface area contributed by atoms with Crippen LogP contribution in [-0.4, -0.2) is 20.8 Å². The smallest absolute Gasteiger partial charge is 0.267 e. The van der Waals surface area contributed by atoms with Crippen LogP contribution in [0.15, 0.2) is 42.5 Å². The molecule has 4 N–H and O–H groups in total. The Bertz CT molecular complexity index is 697. The van der Waals surface area contributed by atoms with Gasteiger partial charge in [-0.05, 0) is 11.6 Å². The number of nitrogens with one attached hydrogen (secondary N) is 1. The van der Waals surface area contributed by atoms with E-state index in [1.165, 1.54) is 6.07 Å². The Kier molecular flexibility index (Phi) is 2.52. The molecular weight excluding hydrogens is 242 g/mol. The summed E-state index contributed by atoms with van der Waals surface area (Å²) in [6.07, 6.45) is 0. The number of aromatic nitrogens is 2. The summed E-state index contributed by atoms with van der Waals surface area (Å²) in [5.74, 6) is -0.411. The van der Waals surface area contributed by atoms with E-state index >= 15 is 0 Å². The van der Waals surface area contributed by atoms with Crippen LogP contribution in [0.1, 0.15) is 16.1 Å². The van der Waals surface area contributed by atoms with Gasteiger partial charge in [0.05, 0.1) is 12.2 Å². The van der Waals surface area contributed by atoms with Crippen molar-refractivity contribution in [1.29, 1.82) is 0 Å². The molecule has 0 saturated heterocycles. The van der Waals surface area contributed by atoms with Crippen molar-refractivity contribution in [2.75, 3.05) is 0 Å². The molecular formula is C14H13N3O2. The van der Waals surface area contributed by atoms with Crippen molar-refractivity contribution in [2.45, 2.75) is 6.54 Å². The zero-order valence-corrected chi connectivity index (χ0v) is 10.1. The highest BCUT2D eigenvalue weighted by Gasteiger charge is 2.21. The third kappa shape index (κ3) is 1.95. The Balaban J connectivity index is 2.06. The van der Waals surface area contributed by atoms with E-state index < -0.39 is 5.91 Å². The van der Waals surface area contributed by atoms with E-state index in [0.29, 0.717) is 17.8 Å². The molecule has 0 bridgehead atoms. The first-order valence-electron chi connectivity index (χ1n) is 5.90. The average molecular weight is 255 g/mol. The number of hydrogen-bond donors (Lipinski definition) is 3. The molecule has 1 aliphatic heterocycles. The van der Waals surface area contributed by atoms with Crippen molar-refractivity contribution < 1.29 is 9.90 Å². The van der Waals surface area contributed by atoms with Gasteiger partial charge in [0, 0.05) is 11.6 Å². The Morgan fingerprint density at radius 1 is 1.26 bits per heavy atom. The fourth-order valence-electron chi connectivity index (χ4n) is 2.24. The van der Waals surface area contributed by atoms with Crippen LogP contribution in [0.5, 0.6) is 5.75 Å². The van der Waals surface area contributed by atoms with Gasteiger partial charge in [-0.3, -0.25) is 14.6 Å². The highest BCUT2D eigenvalue weighted by Crippen LogP contribution is 2.33. The van der Waals surface area contributed by atoms with Crippen LogP contribution in [0.25, 0.3) is 11.3 Å². The molecule has 0 unspecified atom stereocenters. The van der Waals surface area contributed by atoms with E-state index in [4.69, 9.17) is 5.73 Å². The SMILES string of the molecule is NC(=O)c1[nH]n(Cc2ccccc2)c2cc(O)cc1-2. The minimum atomic E-state index is -0.539. The van der Waals surface area contributed by atoms with Gasteiger partial charge in [-0.15, -0.1) is 0 Å². The molecule has 0 fully saturated rings. The molecule has 0 saturated carbocycles. The van der Waals surface area contributed by atoms with E-state index in [1.54, 1.807) is 10.7 Å². The Morgan fingerprint density at radius 3 is 2.68 bits per heavy atom. The number of rotatable bonds is 3. The van der Waals surface area contributed by atoms with Gasteiger partial charge < -0.3 is 10.8 Å². The second-order valence-electron chi connectivity index (χ2n) is 4.44. The molecule has 19 heavy (non-hydrogen) atoms. The standard InChI is InChI=1S/C14H13N3O2/c15-14(19)13-11-6-10(18)7-12(11)17(16-13)8-9-4-2-1-3-5-9/h1-7,16,18H,8H2,(H2,15,19). The van der Waals surface area contributed by atoms with Crippen LogP contribution in [-0.2, 0) is 6.54 Å². The van der Waals surface area contributed by atoms with Crippen molar-refractivity contribution in [3.8, 4) is 17.0 Å². The van der Waals surface area contributed by atoms with E-state index in [1.807, 2.05) is 30.3 Å². The lowest BCUT2D eigenvalue weighted by molar-refractivity contribution is 0.0995. The highest BCUT2D eigenvalue weighted by molar-refractivity contribution is 5.98. The van der Waals surface area contributed by atoms with Gasteiger partial charge in [-0.2, -0.15) is 0 Å². The number of hydrogen-bond acceptors (Lipinski definition) is 2. The molecule has 1 amide bonds. The van der Waals surface area contributed by atoms with Gasteiger partial charge in [0.2, 0.25) is 0 Å². The molecule has 1 heterocycles. The van der Waals surface area contributed by atoms with Crippen molar-refractivity contribution in [3.63, 3.8) is 0 Å². The third-order valence-corrected chi connectivity index (χ3v) is 3.09. The minimum Gasteiger partial charge on any atom is -0.508 e. The summed E-state index contributed by atoms with van der Waals surface area (Å²) in [5, 5.41) is 12.5.